The van der Waals surface area contributed by atoms with Crippen LogP contribution in [0.15, 0.2) is 60.7 Å². The lowest BCUT2D eigenvalue weighted by atomic mass is 9.86. The Morgan fingerprint density at radius 1 is 1.00 bits per heavy atom. The number of rotatable bonds is 7. The van der Waals surface area contributed by atoms with E-state index in [1.165, 1.54) is 0 Å². The normalized spacial score (nSPS) is 13.6. The Morgan fingerprint density at radius 2 is 1.80 bits per heavy atom. The van der Waals surface area contributed by atoms with Crippen molar-refractivity contribution in [3.8, 4) is 11.5 Å². The maximum Gasteiger partial charge on any atom is 0.339 e. The highest BCUT2D eigenvalue weighted by Gasteiger charge is 2.26. The lowest BCUT2D eigenvalue weighted by molar-refractivity contribution is -0.119. The molecular formula is C32H29ClN2O5. The zero-order chi connectivity index (χ0) is 28.2. The predicted molar refractivity (Wildman–Crippen MR) is 157 cm³/mol. The summed E-state index contributed by atoms with van der Waals surface area (Å²) in [4.78, 5) is 31.1. The van der Waals surface area contributed by atoms with Crippen LogP contribution in [-0.4, -0.2) is 37.7 Å². The molecule has 0 radical (unpaired) electrons. The summed E-state index contributed by atoms with van der Waals surface area (Å²) in [6.45, 7) is 1.39. The zero-order valence-electron chi connectivity index (χ0n) is 22.5. The third kappa shape index (κ3) is 5.51. The Balaban J connectivity index is 1.47. The smallest absolute Gasteiger partial charge is 0.339 e. The Bertz CT molecular complexity index is 1650. The molecule has 7 nitrogen and oxygen atoms in total. The molecule has 0 unspecified atom stereocenters. The fraction of sp³-hybridized carbons (Fsp3) is 0.219. The third-order valence-corrected chi connectivity index (χ3v) is 7.41. The molecule has 1 aromatic heterocycles. The predicted octanol–water partition coefficient (Wildman–Crippen LogP) is 6.89. The molecule has 0 atom stereocenters. The van der Waals surface area contributed by atoms with E-state index in [1.54, 1.807) is 32.4 Å². The molecular weight excluding hydrogens is 528 g/mol. The van der Waals surface area contributed by atoms with Crippen molar-refractivity contribution >= 4 is 51.7 Å². The van der Waals surface area contributed by atoms with Gasteiger partial charge in [0.2, 0.25) is 0 Å². The summed E-state index contributed by atoms with van der Waals surface area (Å²) in [6.07, 6.45) is 4.40. The Labute approximate surface area is 237 Å². The van der Waals surface area contributed by atoms with Gasteiger partial charge < -0.3 is 19.5 Å². The average Bonchev–Trinajstić information content (AvgIpc) is 2.97. The molecule has 0 bridgehead atoms. The number of ether oxygens (including phenoxy) is 3. The van der Waals surface area contributed by atoms with Crippen LogP contribution in [0.2, 0.25) is 5.02 Å². The second-order valence-electron chi connectivity index (χ2n) is 9.51. The third-order valence-electron chi connectivity index (χ3n) is 7.00. The van der Waals surface area contributed by atoms with Crippen molar-refractivity contribution in [2.24, 2.45) is 0 Å². The lowest BCUT2D eigenvalue weighted by Gasteiger charge is -2.22. The van der Waals surface area contributed by atoms with Gasteiger partial charge in [-0.2, -0.15) is 0 Å². The fourth-order valence-electron chi connectivity index (χ4n) is 4.98. The summed E-state index contributed by atoms with van der Waals surface area (Å²) < 4.78 is 16.4. The van der Waals surface area contributed by atoms with E-state index in [1.807, 2.05) is 49.4 Å². The van der Waals surface area contributed by atoms with Crippen LogP contribution in [0, 0.1) is 6.92 Å². The largest absolute Gasteiger partial charge is 0.493 e. The van der Waals surface area contributed by atoms with Gasteiger partial charge in [0.25, 0.3) is 5.91 Å². The van der Waals surface area contributed by atoms with Gasteiger partial charge in [0, 0.05) is 16.1 Å². The first-order valence-electron chi connectivity index (χ1n) is 13.0. The molecule has 4 aromatic rings. The first-order chi connectivity index (χ1) is 19.4. The summed E-state index contributed by atoms with van der Waals surface area (Å²) in [6, 6.07) is 18.5. The molecule has 40 heavy (non-hydrogen) atoms. The molecule has 8 heteroatoms. The van der Waals surface area contributed by atoms with Gasteiger partial charge in [-0.05, 0) is 84.9 Å². The molecule has 0 saturated heterocycles. The van der Waals surface area contributed by atoms with Gasteiger partial charge in [0.15, 0.2) is 18.1 Å². The first-order valence-corrected chi connectivity index (χ1v) is 13.3. The molecule has 0 spiro atoms. The van der Waals surface area contributed by atoms with Crippen molar-refractivity contribution in [3.05, 3.63) is 93.6 Å². The van der Waals surface area contributed by atoms with Gasteiger partial charge in [-0.1, -0.05) is 41.9 Å². The number of pyridine rings is 1. The van der Waals surface area contributed by atoms with Gasteiger partial charge >= 0.3 is 5.97 Å². The summed E-state index contributed by atoms with van der Waals surface area (Å²) in [5.41, 5.74) is 6.00. The maximum absolute atomic E-state index is 13.5. The van der Waals surface area contributed by atoms with Crippen LogP contribution in [-0.2, 0) is 16.0 Å². The van der Waals surface area contributed by atoms with Crippen molar-refractivity contribution in [3.63, 3.8) is 0 Å². The van der Waals surface area contributed by atoms with Crippen LogP contribution in [0.1, 0.15) is 45.6 Å². The quantitative estimate of drug-likeness (QED) is 0.249. The molecule has 3 aromatic carbocycles. The average molecular weight is 557 g/mol. The SMILES string of the molecule is COc1ccc(/C=C2\CCCc3c2nc2ccccc2c3C(=O)OCC(=O)Nc2cccc(Cl)c2C)cc1OC. The highest BCUT2D eigenvalue weighted by Crippen LogP contribution is 2.37. The van der Waals surface area contributed by atoms with Gasteiger partial charge in [0.05, 0.1) is 31.0 Å². The van der Waals surface area contributed by atoms with Crippen molar-refractivity contribution in [1.29, 1.82) is 0 Å². The number of esters is 1. The zero-order valence-corrected chi connectivity index (χ0v) is 23.3. The minimum atomic E-state index is -0.555. The monoisotopic (exact) mass is 556 g/mol. The molecule has 0 fully saturated rings. The molecule has 1 aliphatic rings. The number of allylic oxidation sites excluding steroid dienone is 1. The van der Waals surface area contributed by atoms with Crippen LogP contribution >= 0.6 is 11.6 Å². The van der Waals surface area contributed by atoms with E-state index in [9.17, 15) is 9.59 Å². The molecule has 204 valence electrons. The molecule has 1 N–H and O–H groups in total. The Hall–Kier alpha value is -4.36. The molecule has 0 saturated carbocycles. The number of para-hydroxylation sites is 1. The van der Waals surface area contributed by atoms with Crippen molar-refractivity contribution < 1.29 is 23.8 Å². The van der Waals surface area contributed by atoms with E-state index in [-0.39, 0.29) is 0 Å². The van der Waals surface area contributed by atoms with Gasteiger partial charge in [-0.15, -0.1) is 0 Å². The Morgan fingerprint density at radius 3 is 2.60 bits per heavy atom. The summed E-state index contributed by atoms with van der Waals surface area (Å²) in [7, 11) is 3.21. The fourth-order valence-corrected chi connectivity index (χ4v) is 5.16. The number of nitrogens with zero attached hydrogens (tertiary/aromatic N) is 1. The van der Waals surface area contributed by atoms with Gasteiger partial charge in [-0.25, -0.2) is 9.78 Å². The van der Waals surface area contributed by atoms with E-state index >= 15 is 0 Å². The lowest BCUT2D eigenvalue weighted by Crippen LogP contribution is -2.23. The molecule has 1 aliphatic carbocycles. The maximum atomic E-state index is 13.5. The number of halogens is 1. The number of carbonyl (C=O) groups excluding carboxylic acids is 2. The highest BCUT2D eigenvalue weighted by molar-refractivity contribution is 6.31. The summed E-state index contributed by atoms with van der Waals surface area (Å²) in [5, 5.41) is 4.01. The summed E-state index contributed by atoms with van der Waals surface area (Å²) in [5.74, 6) is 0.285. The topological polar surface area (TPSA) is 86.8 Å². The highest BCUT2D eigenvalue weighted by atomic mass is 35.5. The second kappa shape index (κ2) is 11.8. The van der Waals surface area contributed by atoms with Crippen LogP contribution in [0.3, 0.4) is 0 Å². The molecule has 1 amide bonds. The Kier molecular flexibility index (Phi) is 8.03. The van der Waals surface area contributed by atoms with Crippen LogP contribution in [0.5, 0.6) is 11.5 Å². The van der Waals surface area contributed by atoms with Crippen LogP contribution in [0.4, 0.5) is 5.69 Å². The number of aromatic nitrogens is 1. The number of fused-ring (bicyclic) bond motifs is 2. The number of methoxy groups -OCH3 is 2. The van der Waals surface area contributed by atoms with Crippen LogP contribution in [0.25, 0.3) is 22.6 Å². The van der Waals surface area contributed by atoms with E-state index in [0.29, 0.717) is 45.1 Å². The number of benzene rings is 3. The number of amides is 1. The molecule has 1 heterocycles. The number of anilines is 1. The standard InChI is InChI=1S/C32H29ClN2O5/c1-19-24(33)11-7-13-25(19)34-29(36)18-40-32(37)30-22-9-4-5-12-26(22)35-31-21(8-6-10-23(30)31)16-20-14-15-27(38-2)28(17-20)39-3/h4-5,7,9,11-17H,6,8,10,18H2,1-3H3,(H,34,36)/b21-16+. The van der Waals surface area contributed by atoms with Crippen molar-refractivity contribution in [2.45, 2.75) is 26.2 Å². The van der Waals surface area contributed by atoms with E-state index < -0.39 is 18.5 Å². The molecule has 5 rings (SSSR count). The van der Waals surface area contributed by atoms with Crippen molar-refractivity contribution in [1.82, 2.24) is 4.98 Å². The number of nitrogens with one attached hydrogen (secondary N) is 1. The van der Waals surface area contributed by atoms with Crippen LogP contribution < -0.4 is 14.8 Å². The first kappa shape index (κ1) is 27.2. The summed E-state index contributed by atoms with van der Waals surface area (Å²) >= 11 is 6.16. The second-order valence-corrected chi connectivity index (χ2v) is 9.91. The van der Waals surface area contributed by atoms with Crippen molar-refractivity contribution in [2.75, 3.05) is 26.1 Å². The van der Waals surface area contributed by atoms with E-state index in [0.717, 1.165) is 40.8 Å². The number of carbonyl (C=O) groups is 2. The van der Waals surface area contributed by atoms with Gasteiger partial charge in [-0.3, -0.25) is 4.79 Å². The van der Waals surface area contributed by atoms with E-state index in [4.69, 9.17) is 30.8 Å². The number of hydrogen-bond acceptors (Lipinski definition) is 6. The van der Waals surface area contributed by atoms with E-state index in [2.05, 4.69) is 11.4 Å². The number of hydrogen-bond donors (Lipinski definition) is 1. The molecule has 0 aliphatic heterocycles. The minimum Gasteiger partial charge on any atom is -0.493 e. The van der Waals surface area contributed by atoms with Gasteiger partial charge in [0.1, 0.15) is 0 Å². The minimum absolute atomic E-state index is 0.426.